The third kappa shape index (κ3) is 4.27. The Labute approximate surface area is 128 Å². The lowest BCUT2D eigenvalue weighted by atomic mass is 10.1. The zero-order valence-corrected chi connectivity index (χ0v) is 13.3. The fourth-order valence-corrected chi connectivity index (χ4v) is 2.60. The second kappa shape index (κ2) is 7.19. The van der Waals surface area contributed by atoms with Crippen molar-refractivity contribution in [2.24, 2.45) is 0 Å². The largest absolute Gasteiger partial charge is 0.333 e. The van der Waals surface area contributed by atoms with Gasteiger partial charge in [0, 0.05) is 16.6 Å². The summed E-state index contributed by atoms with van der Waals surface area (Å²) in [6.45, 7) is 4.51. The number of amides is 2. The van der Waals surface area contributed by atoms with Crippen molar-refractivity contribution in [2.75, 3.05) is 12.4 Å². The molecule has 0 saturated heterocycles. The molecule has 6 heteroatoms. The SMILES string of the molecule is CNC(C)c1cccc(NC(=O)NCc2scnc2C)c1. The lowest BCUT2D eigenvalue weighted by Crippen LogP contribution is -2.28. The van der Waals surface area contributed by atoms with E-state index in [9.17, 15) is 4.79 Å². The summed E-state index contributed by atoms with van der Waals surface area (Å²) in [7, 11) is 1.91. The summed E-state index contributed by atoms with van der Waals surface area (Å²) < 4.78 is 0. The summed E-state index contributed by atoms with van der Waals surface area (Å²) in [5, 5.41) is 8.87. The highest BCUT2D eigenvalue weighted by atomic mass is 32.1. The Morgan fingerprint density at radius 1 is 1.43 bits per heavy atom. The van der Waals surface area contributed by atoms with E-state index < -0.39 is 0 Å². The van der Waals surface area contributed by atoms with Crippen LogP contribution >= 0.6 is 11.3 Å². The zero-order chi connectivity index (χ0) is 15.2. The van der Waals surface area contributed by atoms with Gasteiger partial charge >= 0.3 is 6.03 Å². The molecule has 1 unspecified atom stereocenters. The number of benzene rings is 1. The number of aryl methyl sites for hydroxylation is 1. The van der Waals surface area contributed by atoms with Gasteiger partial charge in [-0.2, -0.15) is 0 Å². The standard InChI is InChI=1S/C15H20N4OS/c1-10(16-3)12-5-4-6-13(7-12)19-15(20)17-8-14-11(2)18-9-21-14/h4-7,9-10,16H,8H2,1-3H3,(H2,17,19,20). The number of thiazole rings is 1. The molecule has 21 heavy (non-hydrogen) atoms. The lowest BCUT2D eigenvalue weighted by molar-refractivity contribution is 0.252. The maximum absolute atomic E-state index is 11.9. The topological polar surface area (TPSA) is 66.0 Å². The van der Waals surface area contributed by atoms with Gasteiger partial charge in [0.1, 0.15) is 0 Å². The Morgan fingerprint density at radius 3 is 2.90 bits per heavy atom. The molecule has 0 spiro atoms. The number of hydrogen-bond acceptors (Lipinski definition) is 4. The molecule has 0 aliphatic heterocycles. The Bertz CT molecular complexity index is 611. The van der Waals surface area contributed by atoms with Gasteiger partial charge in [0.05, 0.1) is 17.7 Å². The Kier molecular flexibility index (Phi) is 5.30. The number of rotatable bonds is 5. The molecule has 2 aromatic rings. The van der Waals surface area contributed by atoms with Crippen LogP contribution < -0.4 is 16.0 Å². The highest BCUT2D eigenvalue weighted by Gasteiger charge is 2.07. The number of nitrogens with zero attached hydrogens (tertiary/aromatic N) is 1. The van der Waals surface area contributed by atoms with E-state index in [2.05, 4.69) is 27.9 Å². The van der Waals surface area contributed by atoms with Crippen molar-refractivity contribution < 1.29 is 4.79 Å². The van der Waals surface area contributed by atoms with Crippen molar-refractivity contribution in [3.8, 4) is 0 Å². The molecule has 1 heterocycles. The van der Waals surface area contributed by atoms with Gasteiger partial charge < -0.3 is 16.0 Å². The van der Waals surface area contributed by atoms with Crippen LogP contribution in [0.2, 0.25) is 0 Å². The van der Waals surface area contributed by atoms with Crippen LogP contribution in [-0.2, 0) is 6.54 Å². The van der Waals surface area contributed by atoms with Gasteiger partial charge in [0.2, 0.25) is 0 Å². The van der Waals surface area contributed by atoms with Crippen LogP contribution in [0.15, 0.2) is 29.8 Å². The molecule has 0 radical (unpaired) electrons. The Balaban J connectivity index is 1.92. The third-order valence-corrected chi connectivity index (χ3v) is 4.27. The van der Waals surface area contributed by atoms with E-state index in [1.807, 2.05) is 38.2 Å². The smallest absolute Gasteiger partial charge is 0.319 e. The van der Waals surface area contributed by atoms with Gasteiger partial charge in [-0.05, 0) is 38.6 Å². The highest BCUT2D eigenvalue weighted by Crippen LogP contribution is 2.17. The van der Waals surface area contributed by atoms with Gasteiger partial charge in [0.15, 0.2) is 0 Å². The normalized spacial score (nSPS) is 12.0. The van der Waals surface area contributed by atoms with Gasteiger partial charge in [-0.3, -0.25) is 0 Å². The van der Waals surface area contributed by atoms with E-state index in [1.165, 1.54) is 0 Å². The summed E-state index contributed by atoms with van der Waals surface area (Å²) >= 11 is 1.55. The third-order valence-electron chi connectivity index (χ3n) is 3.33. The summed E-state index contributed by atoms with van der Waals surface area (Å²) in [6, 6.07) is 7.85. The van der Waals surface area contributed by atoms with Crippen LogP contribution in [0.4, 0.5) is 10.5 Å². The number of carbonyl (C=O) groups excluding carboxylic acids is 1. The minimum atomic E-state index is -0.211. The number of hydrogen-bond donors (Lipinski definition) is 3. The quantitative estimate of drug-likeness (QED) is 0.795. The Hall–Kier alpha value is -1.92. The summed E-state index contributed by atoms with van der Waals surface area (Å²) in [6.07, 6.45) is 0. The van der Waals surface area contributed by atoms with Crippen LogP contribution in [-0.4, -0.2) is 18.1 Å². The van der Waals surface area contributed by atoms with Gasteiger partial charge in [-0.25, -0.2) is 9.78 Å². The van der Waals surface area contributed by atoms with Crippen molar-refractivity contribution in [3.05, 3.63) is 45.9 Å². The molecule has 0 saturated carbocycles. The number of carbonyl (C=O) groups is 1. The van der Waals surface area contributed by atoms with Crippen LogP contribution in [0.3, 0.4) is 0 Å². The average Bonchev–Trinajstić information content (AvgIpc) is 2.90. The van der Waals surface area contributed by atoms with Gasteiger partial charge in [-0.1, -0.05) is 12.1 Å². The van der Waals surface area contributed by atoms with E-state index in [-0.39, 0.29) is 12.1 Å². The van der Waals surface area contributed by atoms with Crippen molar-refractivity contribution in [1.29, 1.82) is 0 Å². The maximum atomic E-state index is 11.9. The summed E-state index contributed by atoms with van der Waals surface area (Å²) in [5.74, 6) is 0. The first-order valence-corrected chi connectivity index (χ1v) is 7.69. The first-order chi connectivity index (χ1) is 10.1. The first kappa shape index (κ1) is 15.5. The van der Waals surface area contributed by atoms with Crippen molar-refractivity contribution in [1.82, 2.24) is 15.6 Å². The zero-order valence-electron chi connectivity index (χ0n) is 12.4. The number of aromatic nitrogens is 1. The molecule has 0 fully saturated rings. The van der Waals surface area contributed by atoms with Crippen molar-refractivity contribution in [3.63, 3.8) is 0 Å². The fourth-order valence-electron chi connectivity index (χ4n) is 1.88. The molecule has 0 aliphatic rings. The number of urea groups is 1. The number of anilines is 1. The van der Waals surface area contributed by atoms with Crippen LogP contribution in [0.5, 0.6) is 0 Å². The van der Waals surface area contributed by atoms with Gasteiger partial charge in [-0.15, -0.1) is 11.3 Å². The molecule has 2 amide bonds. The van der Waals surface area contributed by atoms with E-state index >= 15 is 0 Å². The molecule has 0 aliphatic carbocycles. The minimum absolute atomic E-state index is 0.211. The molecule has 5 nitrogen and oxygen atoms in total. The minimum Gasteiger partial charge on any atom is -0.333 e. The van der Waals surface area contributed by atoms with Gasteiger partial charge in [0.25, 0.3) is 0 Å². The monoisotopic (exact) mass is 304 g/mol. The summed E-state index contributed by atoms with van der Waals surface area (Å²) in [4.78, 5) is 17.1. The molecule has 3 N–H and O–H groups in total. The molecule has 1 atom stereocenters. The van der Waals surface area contributed by atoms with E-state index in [1.54, 1.807) is 16.8 Å². The second-order valence-corrected chi connectivity index (χ2v) is 5.74. The molecular weight excluding hydrogens is 284 g/mol. The van der Waals surface area contributed by atoms with Crippen LogP contribution in [0.25, 0.3) is 0 Å². The average molecular weight is 304 g/mol. The van der Waals surface area contributed by atoms with Crippen molar-refractivity contribution >= 4 is 23.1 Å². The van der Waals surface area contributed by atoms with E-state index in [0.29, 0.717) is 6.54 Å². The number of nitrogens with one attached hydrogen (secondary N) is 3. The predicted molar refractivity (Wildman–Crippen MR) is 86.6 cm³/mol. The van der Waals surface area contributed by atoms with Crippen molar-refractivity contribution in [2.45, 2.75) is 26.4 Å². The molecule has 112 valence electrons. The predicted octanol–water partition coefficient (Wildman–Crippen LogP) is 3.05. The van der Waals surface area contributed by atoms with Crippen LogP contribution in [0, 0.1) is 6.92 Å². The van der Waals surface area contributed by atoms with E-state index in [0.717, 1.165) is 21.8 Å². The lowest BCUT2D eigenvalue weighted by Gasteiger charge is -2.13. The second-order valence-electron chi connectivity index (χ2n) is 4.80. The molecule has 1 aromatic carbocycles. The molecule has 0 bridgehead atoms. The molecule has 1 aromatic heterocycles. The first-order valence-electron chi connectivity index (χ1n) is 6.81. The van der Waals surface area contributed by atoms with E-state index in [4.69, 9.17) is 0 Å². The highest BCUT2D eigenvalue weighted by molar-refractivity contribution is 7.09. The van der Waals surface area contributed by atoms with Crippen LogP contribution in [0.1, 0.15) is 29.1 Å². The fraction of sp³-hybridized carbons (Fsp3) is 0.333. The molecular formula is C15H20N4OS. The summed E-state index contributed by atoms with van der Waals surface area (Å²) in [5.41, 5.74) is 4.67. The molecule has 2 rings (SSSR count). The maximum Gasteiger partial charge on any atom is 0.319 e. The Morgan fingerprint density at radius 2 is 2.24 bits per heavy atom.